The van der Waals surface area contributed by atoms with Gasteiger partial charge >= 0.3 is 0 Å². The van der Waals surface area contributed by atoms with Crippen LogP contribution in [0.1, 0.15) is 38.2 Å². The first-order valence-corrected chi connectivity index (χ1v) is 9.04. The standard InChI is InChI=1S/C21H28N2O/c1-2-3-15-23-16-13-21(14-17-23,18-7-5-4-6-8-18)24-20-11-9-19(22)10-12-20/h4-12H,2-3,13-17,22H2,1H3. The smallest absolute Gasteiger partial charge is 0.136 e. The molecule has 0 unspecified atom stereocenters. The van der Waals surface area contributed by atoms with Crippen molar-refractivity contribution < 1.29 is 4.74 Å². The van der Waals surface area contributed by atoms with E-state index in [1.807, 2.05) is 24.3 Å². The van der Waals surface area contributed by atoms with Crippen LogP contribution in [0.3, 0.4) is 0 Å². The van der Waals surface area contributed by atoms with Crippen LogP contribution >= 0.6 is 0 Å². The van der Waals surface area contributed by atoms with E-state index in [-0.39, 0.29) is 5.60 Å². The summed E-state index contributed by atoms with van der Waals surface area (Å²) in [5.41, 5.74) is 7.61. The van der Waals surface area contributed by atoms with Gasteiger partial charge in [0.1, 0.15) is 11.4 Å². The van der Waals surface area contributed by atoms with E-state index < -0.39 is 0 Å². The second kappa shape index (κ2) is 7.71. The number of nitrogens with two attached hydrogens (primary N) is 1. The van der Waals surface area contributed by atoms with E-state index in [1.54, 1.807) is 0 Å². The highest BCUT2D eigenvalue weighted by molar-refractivity contribution is 5.42. The van der Waals surface area contributed by atoms with Gasteiger partial charge < -0.3 is 15.4 Å². The molecule has 0 aliphatic carbocycles. The fourth-order valence-electron chi connectivity index (χ4n) is 3.47. The fraction of sp³-hybridized carbons (Fsp3) is 0.429. The van der Waals surface area contributed by atoms with Crippen LogP contribution in [-0.2, 0) is 5.60 Å². The third-order valence-corrected chi connectivity index (χ3v) is 4.98. The van der Waals surface area contributed by atoms with Crippen molar-refractivity contribution in [2.45, 2.75) is 38.2 Å². The number of rotatable bonds is 6. The zero-order chi connectivity index (χ0) is 16.8. The molecule has 1 heterocycles. The Labute approximate surface area is 145 Å². The Morgan fingerprint density at radius 2 is 1.67 bits per heavy atom. The molecule has 128 valence electrons. The summed E-state index contributed by atoms with van der Waals surface area (Å²) in [6, 6.07) is 18.4. The first-order valence-electron chi connectivity index (χ1n) is 9.04. The van der Waals surface area contributed by atoms with Crippen molar-refractivity contribution in [3.05, 3.63) is 60.2 Å². The number of ether oxygens (including phenoxy) is 1. The minimum absolute atomic E-state index is 0.236. The molecule has 24 heavy (non-hydrogen) atoms. The van der Waals surface area contributed by atoms with Gasteiger partial charge in [0.2, 0.25) is 0 Å². The largest absolute Gasteiger partial charge is 0.482 e. The van der Waals surface area contributed by atoms with Crippen LogP contribution in [0.25, 0.3) is 0 Å². The maximum Gasteiger partial charge on any atom is 0.136 e. The molecule has 3 nitrogen and oxygen atoms in total. The summed E-state index contributed by atoms with van der Waals surface area (Å²) < 4.78 is 6.55. The molecule has 0 radical (unpaired) electrons. The Hall–Kier alpha value is -2.00. The summed E-state index contributed by atoms with van der Waals surface area (Å²) in [6.07, 6.45) is 4.57. The summed E-state index contributed by atoms with van der Waals surface area (Å²) >= 11 is 0. The van der Waals surface area contributed by atoms with Gasteiger partial charge in [-0.2, -0.15) is 0 Å². The minimum atomic E-state index is -0.236. The lowest BCUT2D eigenvalue weighted by atomic mass is 9.84. The maximum absolute atomic E-state index is 6.55. The third kappa shape index (κ3) is 3.90. The molecule has 1 aliphatic rings. The van der Waals surface area contributed by atoms with Crippen molar-refractivity contribution in [1.82, 2.24) is 4.90 Å². The zero-order valence-electron chi connectivity index (χ0n) is 14.6. The number of unbranched alkanes of at least 4 members (excludes halogenated alkanes) is 1. The summed E-state index contributed by atoms with van der Waals surface area (Å²) in [6.45, 7) is 5.62. The van der Waals surface area contributed by atoms with Crippen molar-refractivity contribution >= 4 is 5.69 Å². The predicted octanol–water partition coefficient (Wildman–Crippen LogP) is 4.44. The van der Waals surface area contributed by atoms with Crippen LogP contribution in [0.4, 0.5) is 5.69 Å². The molecule has 3 rings (SSSR count). The van der Waals surface area contributed by atoms with Gasteiger partial charge in [-0.3, -0.25) is 0 Å². The highest BCUT2D eigenvalue weighted by atomic mass is 16.5. The molecule has 2 aromatic carbocycles. The zero-order valence-corrected chi connectivity index (χ0v) is 14.6. The van der Waals surface area contributed by atoms with Crippen molar-refractivity contribution in [2.75, 3.05) is 25.4 Å². The molecule has 2 aromatic rings. The van der Waals surface area contributed by atoms with E-state index in [0.29, 0.717) is 0 Å². The van der Waals surface area contributed by atoms with Gasteiger partial charge in [-0.05, 0) is 42.8 Å². The Morgan fingerprint density at radius 3 is 2.29 bits per heavy atom. The van der Waals surface area contributed by atoms with Crippen LogP contribution in [0.5, 0.6) is 5.75 Å². The van der Waals surface area contributed by atoms with E-state index >= 15 is 0 Å². The van der Waals surface area contributed by atoms with Crippen molar-refractivity contribution in [3.8, 4) is 5.75 Å². The lowest BCUT2D eigenvalue weighted by Crippen LogP contribution is -2.46. The highest BCUT2D eigenvalue weighted by Crippen LogP contribution is 2.38. The second-order valence-electron chi connectivity index (χ2n) is 6.73. The summed E-state index contributed by atoms with van der Waals surface area (Å²) in [4.78, 5) is 2.57. The maximum atomic E-state index is 6.55. The van der Waals surface area contributed by atoms with Gasteiger partial charge in [-0.25, -0.2) is 0 Å². The van der Waals surface area contributed by atoms with Crippen LogP contribution in [0, 0.1) is 0 Å². The lowest BCUT2D eigenvalue weighted by Gasteiger charge is -2.42. The molecule has 0 atom stereocenters. The number of benzene rings is 2. The highest BCUT2D eigenvalue weighted by Gasteiger charge is 2.38. The van der Waals surface area contributed by atoms with Gasteiger partial charge in [0.05, 0.1) is 0 Å². The normalized spacial score (nSPS) is 17.5. The van der Waals surface area contributed by atoms with Crippen LogP contribution < -0.4 is 10.5 Å². The van der Waals surface area contributed by atoms with E-state index in [1.165, 1.54) is 24.9 Å². The molecule has 0 bridgehead atoms. The molecule has 0 saturated carbocycles. The fourth-order valence-corrected chi connectivity index (χ4v) is 3.47. The Balaban J connectivity index is 1.79. The van der Waals surface area contributed by atoms with E-state index in [2.05, 4.69) is 42.2 Å². The molecule has 1 saturated heterocycles. The molecule has 0 amide bonds. The monoisotopic (exact) mass is 324 g/mol. The quantitative estimate of drug-likeness (QED) is 0.798. The summed E-state index contributed by atoms with van der Waals surface area (Å²) in [7, 11) is 0. The lowest BCUT2D eigenvalue weighted by molar-refractivity contribution is -0.00301. The van der Waals surface area contributed by atoms with Gasteiger partial charge in [0.15, 0.2) is 0 Å². The van der Waals surface area contributed by atoms with Crippen molar-refractivity contribution in [1.29, 1.82) is 0 Å². The van der Waals surface area contributed by atoms with Gasteiger partial charge in [0.25, 0.3) is 0 Å². The number of likely N-dealkylation sites (tertiary alicyclic amines) is 1. The predicted molar refractivity (Wildman–Crippen MR) is 100 cm³/mol. The van der Waals surface area contributed by atoms with Gasteiger partial charge in [-0.1, -0.05) is 43.7 Å². The van der Waals surface area contributed by atoms with E-state index in [9.17, 15) is 0 Å². The molecule has 3 heteroatoms. The number of nitrogen functional groups attached to an aromatic ring is 1. The first kappa shape index (κ1) is 16.8. The van der Waals surface area contributed by atoms with Crippen LogP contribution in [0.15, 0.2) is 54.6 Å². The molecule has 1 aliphatic heterocycles. The van der Waals surface area contributed by atoms with Crippen molar-refractivity contribution in [2.24, 2.45) is 0 Å². The molecular weight excluding hydrogens is 296 g/mol. The third-order valence-electron chi connectivity index (χ3n) is 4.98. The molecule has 0 spiro atoms. The number of hydrogen-bond acceptors (Lipinski definition) is 3. The molecule has 2 N–H and O–H groups in total. The number of nitrogens with zero attached hydrogens (tertiary/aromatic N) is 1. The summed E-state index contributed by atoms with van der Waals surface area (Å²) in [5.74, 6) is 0.898. The molecule has 1 fully saturated rings. The van der Waals surface area contributed by atoms with Crippen LogP contribution in [-0.4, -0.2) is 24.5 Å². The van der Waals surface area contributed by atoms with Crippen molar-refractivity contribution in [3.63, 3.8) is 0 Å². The SMILES string of the molecule is CCCCN1CCC(Oc2ccc(N)cc2)(c2ccccc2)CC1. The van der Waals surface area contributed by atoms with Gasteiger partial charge in [-0.15, -0.1) is 0 Å². The molecule has 0 aromatic heterocycles. The van der Waals surface area contributed by atoms with Crippen LogP contribution in [0.2, 0.25) is 0 Å². The Kier molecular flexibility index (Phi) is 5.41. The molecular formula is C21H28N2O. The van der Waals surface area contributed by atoms with E-state index in [0.717, 1.165) is 37.4 Å². The first-order chi connectivity index (χ1) is 11.7. The average Bonchev–Trinajstić information content (AvgIpc) is 2.64. The number of piperidine rings is 1. The minimum Gasteiger partial charge on any atom is -0.482 e. The average molecular weight is 324 g/mol. The summed E-state index contributed by atoms with van der Waals surface area (Å²) in [5, 5.41) is 0. The van der Waals surface area contributed by atoms with Gasteiger partial charge in [0, 0.05) is 31.6 Å². The number of hydrogen-bond donors (Lipinski definition) is 1. The van der Waals surface area contributed by atoms with E-state index in [4.69, 9.17) is 10.5 Å². The topological polar surface area (TPSA) is 38.5 Å². The second-order valence-corrected chi connectivity index (χ2v) is 6.73. The Bertz CT molecular complexity index is 616. The Morgan fingerprint density at radius 1 is 1.00 bits per heavy atom. The number of anilines is 1.